The van der Waals surface area contributed by atoms with Gasteiger partial charge in [0.25, 0.3) is 0 Å². The van der Waals surface area contributed by atoms with Gasteiger partial charge in [-0.3, -0.25) is 9.58 Å². The molecule has 0 aromatic carbocycles. The van der Waals surface area contributed by atoms with Crippen LogP contribution >= 0.6 is 11.3 Å². The summed E-state index contributed by atoms with van der Waals surface area (Å²) in [5.74, 6) is 1.61. The lowest BCUT2D eigenvalue weighted by Crippen LogP contribution is -2.48. The zero-order chi connectivity index (χ0) is 19.2. The molecule has 2 unspecified atom stereocenters. The maximum Gasteiger partial charge on any atom is 0.401 e. The van der Waals surface area contributed by atoms with Crippen LogP contribution in [0.15, 0.2) is 23.6 Å². The van der Waals surface area contributed by atoms with Crippen LogP contribution in [0.2, 0.25) is 0 Å². The highest BCUT2D eigenvalue weighted by molar-refractivity contribution is 7.10. The highest BCUT2D eigenvalue weighted by atomic mass is 32.1. The molecule has 0 N–H and O–H groups in total. The molecule has 2 aliphatic rings. The van der Waals surface area contributed by atoms with Gasteiger partial charge in [-0.1, -0.05) is 6.07 Å². The summed E-state index contributed by atoms with van der Waals surface area (Å²) in [6, 6.07) is 7.06. The molecule has 0 bridgehead atoms. The van der Waals surface area contributed by atoms with Crippen LogP contribution in [0.5, 0.6) is 0 Å². The van der Waals surface area contributed by atoms with Crippen LogP contribution in [0.1, 0.15) is 35.8 Å². The van der Waals surface area contributed by atoms with Crippen LogP contribution in [0.3, 0.4) is 0 Å². The van der Waals surface area contributed by atoms with Gasteiger partial charge in [-0.2, -0.15) is 18.3 Å². The minimum atomic E-state index is -4.12. The molecule has 4 rings (SSSR count). The van der Waals surface area contributed by atoms with Crippen LogP contribution in [-0.4, -0.2) is 52.6 Å². The zero-order valence-corrected chi connectivity index (χ0v) is 16.4. The van der Waals surface area contributed by atoms with E-state index < -0.39 is 12.7 Å². The Balaban J connectivity index is 1.51. The van der Waals surface area contributed by atoms with Crippen molar-refractivity contribution in [1.29, 1.82) is 0 Å². The average molecular weight is 398 g/mol. The molecule has 1 aliphatic heterocycles. The van der Waals surface area contributed by atoms with Crippen LogP contribution in [0, 0.1) is 6.92 Å². The number of thiophene rings is 1. The van der Waals surface area contributed by atoms with Crippen LogP contribution in [-0.2, 0) is 7.05 Å². The predicted octanol–water partition coefficient (Wildman–Crippen LogP) is 4.18. The molecule has 3 heterocycles. The Hall–Kier alpha value is -1.54. The van der Waals surface area contributed by atoms with Gasteiger partial charge in [-0.15, -0.1) is 11.3 Å². The fourth-order valence-electron chi connectivity index (χ4n) is 4.37. The highest BCUT2D eigenvalue weighted by Gasteiger charge is 2.47. The molecule has 0 spiro atoms. The standard InChI is InChI=1S/C19H25F3N4S/c1-13-10-18(24(2)23-13)26(16-11-15(16)17-4-3-9-27-17)14-5-7-25(8-6-14)12-19(20,21)22/h3-4,9-10,14-16H,5-8,11-12H2,1-2H3. The van der Waals surface area contributed by atoms with E-state index in [4.69, 9.17) is 0 Å². The first-order valence-corrected chi connectivity index (χ1v) is 10.3. The lowest BCUT2D eigenvalue weighted by molar-refractivity contribution is -0.147. The number of rotatable bonds is 5. The lowest BCUT2D eigenvalue weighted by Gasteiger charge is -2.40. The van der Waals surface area contributed by atoms with Crippen molar-refractivity contribution in [3.63, 3.8) is 0 Å². The number of piperidine rings is 1. The van der Waals surface area contributed by atoms with Crippen molar-refractivity contribution in [2.45, 2.75) is 50.4 Å². The molecule has 0 radical (unpaired) electrons. The third-order valence-corrected chi connectivity index (χ3v) is 6.62. The summed E-state index contributed by atoms with van der Waals surface area (Å²) in [6.45, 7) is 2.17. The van der Waals surface area contributed by atoms with E-state index in [1.807, 2.05) is 18.7 Å². The molecule has 2 aromatic heterocycles. The molecule has 2 fully saturated rings. The Morgan fingerprint density at radius 1 is 1.30 bits per heavy atom. The second-order valence-electron chi connectivity index (χ2n) is 7.72. The number of likely N-dealkylation sites (tertiary alicyclic amines) is 1. The number of alkyl halides is 3. The fourth-order valence-corrected chi connectivity index (χ4v) is 5.27. The Kier molecular flexibility index (Phi) is 4.96. The number of nitrogens with zero attached hydrogens (tertiary/aromatic N) is 4. The fraction of sp³-hybridized carbons (Fsp3) is 0.632. The Labute approximate surface area is 161 Å². The smallest absolute Gasteiger partial charge is 0.350 e. The Bertz CT molecular complexity index is 763. The Morgan fingerprint density at radius 3 is 2.59 bits per heavy atom. The van der Waals surface area contributed by atoms with Gasteiger partial charge in [0.15, 0.2) is 0 Å². The first kappa shape index (κ1) is 18.8. The molecular formula is C19H25F3N4S. The number of halogens is 3. The summed E-state index contributed by atoms with van der Waals surface area (Å²) in [6.07, 6.45) is -1.50. The van der Waals surface area contributed by atoms with E-state index in [0.717, 1.165) is 30.8 Å². The molecule has 8 heteroatoms. The molecule has 27 heavy (non-hydrogen) atoms. The van der Waals surface area contributed by atoms with Gasteiger partial charge in [0.1, 0.15) is 5.82 Å². The third-order valence-electron chi connectivity index (χ3n) is 5.62. The van der Waals surface area contributed by atoms with Gasteiger partial charge in [0, 0.05) is 49.1 Å². The number of anilines is 1. The van der Waals surface area contributed by atoms with Gasteiger partial charge in [-0.25, -0.2) is 0 Å². The summed E-state index contributed by atoms with van der Waals surface area (Å²) in [5.41, 5.74) is 0.973. The second-order valence-corrected chi connectivity index (χ2v) is 8.70. The van der Waals surface area contributed by atoms with Crippen molar-refractivity contribution in [3.05, 3.63) is 34.2 Å². The van der Waals surface area contributed by atoms with Crippen LogP contribution in [0.25, 0.3) is 0 Å². The molecular weight excluding hydrogens is 373 g/mol. The van der Waals surface area contributed by atoms with Gasteiger partial charge in [-0.05, 0) is 37.6 Å². The second kappa shape index (κ2) is 7.13. The van der Waals surface area contributed by atoms with Crippen molar-refractivity contribution < 1.29 is 13.2 Å². The summed E-state index contributed by atoms with van der Waals surface area (Å²) < 4.78 is 40.0. The lowest BCUT2D eigenvalue weighted by atomic mass is 10.0. The van der Waals surface area contributed by atoms with Gasteiger partial charge >= 0.3 is 6.18 Å². The van der Waals surface area contributed by atoms with Crippen molar-refractivity contribution >= 4 is 17.2 Å². The summed E-state index contributed by atoms with van der Waals surface area (Å²) in [4.78, 5) is 5.39. The quantitative estimate of drug-likeness (QED) is 0.755. The summed E-state index contributed by atoms with van der Waals surface area (Å²) in [5, 5.41) is 6.62. The molecule has 0 amide bonds. The van der Waals surface area contributed by atoms with E-state index >= 15 is 0 Å². The Morgan fingerprint density at radius 2 is 2.04 bits per heavy atom. The molecule has 1 aliphatic carbocycles. The predicted molar refractivity (Wildman–Crippen MR) is 101 cm³/mol. The van der Waals surface area contributed by atoms with Crippen LogP contribution < -0.4 is 4.90 Å². The van der Waals surface area contributed by atoms with Crippen molar-refractivity contribution in [3.8, 4) is 0 Å². The maximum atomic E-state index is 12.7. The molecule has 4 nitrogen and oxygen atoms in total. The van der Waals surface area contributed by atoms with Gasteiger partial charge < -0.3 is 4.90 Å². The SMILES string of the molecule is Cc1cc(N(C2CCN(CC(F)(F)F)CC2)C2CC2c2cccs2)n(C)n1. The molecule has 148 valence electrons. The average Bonchev–Trinajstić information content (AvgIpc) is 3.01. The van der Waals surface area contributed by atoms with E-state index in [-0.39, 0.29) is 6.04 Å². The molecule has 1 saturated heterocycles. The van der Waals surface area contributed by atoms with E-state index in [0.29, 0.717) is 25.0 Å². The number of hydrogen-bond acceptors (Lipinski definition) is 4. The first-order chi connectivity index (χ1) is 12.8. The van der Waals surface area contributed by atoms with Crippen molar-refractivity contribution in [1.82, 2.24) is 14.7 Å². The third kappa shape index (κ3) is 4.16. The zero-order valence-electron chi connectivity index (χ0n) is 15.6. The number of aryl methyl sites for hydroxylation is 2. The minimum Gasteiger partial charge on any atom is -0.350 e. The molecule has 2 atom stereocenters. The highest BCUT2D eigenvalue weighted by Crippen LogP contribution is 2.49. The van der Waals surface area contributed by atoms with Crippen LogP contribution in [0.4, 0.5) is 19.0 Å². The van der Waals surface area contributed by atoms with Crippen molar-refractivity contribution in [2.24, 2.45) is 7.05 Å². The normalized spacial score (nSPS) is 24.3. The van der Waals surface area contributed by atoms with Gasteiger partial charge in [0.2, 0.25) is 0 Å². The number of hydrogen-bond donors (Lipinski definition) is 0. The monoisotopic (exact) mass is 398 g/mol. The summed E-state index contributed by atoms with van der Waals surface area (Å²) in [7, 11) is 1.96. The number of aromatic nitrogens is 2. The maximum absolute atomic E-state index is 12.7. The molecule has 1 saturated carbocycles. The topological polar surface area (TPSA) is 24.3 Å². The first-order valence-electron chi connectivity index (χ1n) is 9.43. The van der Waals surface area contributed by atoms with Gasteiger partial charge in [0.05, 0.1) is 12.2 Å². The van der Waals surface area contributed by atoms with E-state index in [2.05, 4.69) is 33.6 Å². The largest absolute Gasteiger partial charge is 0.401 e. The minimum absolute atomic E-state index is 0.263. The molecule has 2 aromatic rings. The van der Waals surface area contributed by atoms with Crippen molar-refractivity contribution in [2.75, 3.05) is 24.5 Å². The van der Waals surface area contributed by atoms with E-state index in [9.17, 15) is 13.2 Å². The van der Waals surface area contributed by atoms with E-state index in [1.165, 1.54) is 9.78 Å². The summed E-state index contributed by atoms with van der Waals surface area (Å²) >= 11 is 1.79. The van der Waals surface area contributed by atoms with E-state index in [1.54, 1.807) is 11.3 Å².